The van der Waals surface area contributed by atoms with Crippen molar-refractivity contribution in [2.75, 3.05) is 27.2 Å². The Kier molecular flexibility index (Phi) is 8.30. The Morgan fingerprint density at radius 2 is 2.04 bits per heavy atom. The first kappa shape index (κ1) is 22.2. The Morgan fingerprint density at radius 3 is 2.64 bits per heavy atom. The highest BCUT2D eigenvalue weighted by molar-refractivity contribution is 5.94. The summed E-state index contributed by atoms with van der Waals surface area (Å²) >= 11 is 0. The fraction of sp³-hybridized carbons (Fsp3) is 0.636. The first-order chi connectivity index (χ1) is 13.5. The SMILES string of the molecule is CCOC1CC(NC(=NC)NCCc2cccc(C(=O)NC)c2)C1(CC)CC. The molecule has 1 saturated carbocycles. The van der Waals surface area contributed by atoms with E-state index in [1.807, 2.05) is 24.3 Å². The summed E-state index contributed by atoms with van der Waals surface area (Å²) in [5, 5.41) is 9.68. The van der Waals surface area contributed by atoms with Crippen LogP contribution in [-0.2, 0) is 11.2 Å². The zero-order valence-corrected chi connectivity index (χ0v) is 18.0. The van der Waals surface area contributed by atoms with Gasteiger partial charge in [-0.1, -0.05) is 26.0 Å². The number of guanidine groups is 1. The molecule has 2 atom stereocenters. The number of hydrogen-bond acceptors (Lipinski definition) is 3. The topological polar surface area (TPSA) is 74.8 Å². The molecule has 28 heavy (non-hydrogen) atoms. The zero-order valence-electron chi connectivity index (χ0n) is 18.0. The first-order valence-electron chi connectivity index (χ1n) is 10.4. The lowest BCUT2D eigenvalue weighted by Crippen LogP contribution is -2.65. The molecule has 156 valence electrons. The van der Waals surface area contributed by atoms with Crippen molar-refractivity contribution >= 4 is 11.9 Å². The maximum atomic E-state index is 11.8. The molecule has 0 aliphatic heterocycles. The molecular formula is C22H36N4O2. The molecule has 1 aliphatic carbocycles. The lowest BCUT2D eigenvalue weighted by Gasteiger charge is -2.55. The first-order valence-corrected chi connectivity index (χ1v) is 10.4. The van der Waals surface area contributed by atoms with Gasteiger partial charge < -0.3 is 20.7 Å². The van der Waals surface area contributed by atoms with Gasteiger partial charge in [-0.2, -0.15) is 0 Å². The highest BCUT2D eigenvalue weighted by atomic mass is 16.5. The van der Waals surface area contributed by atoms with Gasteiger partial charge in [-0.15, -0.1) is 0 Å². The monoisotopic (exact) mass is 388 g/mol. The van der Waals surface area contributed by atoms with Crippen molar-refractivity contribution in [2.45, 2.75) is 58.6 Å². The lowest BCUT2D eigenvalue weighted by molar-refractivity contribution is -0.133. The number of rotatable bonds is 9. The van der Waals surface area contributed by atoms with E-state index < -0.39 is 0 Å². The van der Waals surface area contributed by atoms with Crippen molar-refractivity contribution in [2.24, 2.45) is 10.4 Å². The van der Waals surface area contributed by atoms with Gasteiger partial charge in [0.15, 0.2) is 5.96 Å². The van der Waals surface area contributed by atoms with E-state index in [1.54, 1.807) is 14.1 Å². The van der Waals surface area contributed by atoms with Gasteiger partial charge in [0.2, 0.25) is 0 Å². The van der Waals surface area contributed by atoms with Gasteiger partial charge in [-0.3, -0.25) is 9.79 Å². The third kappa shape index (κ3) is 4.85. The minimum absolute atomic E-state index is 0.0587. The molecule has 1 aliphatic rings. The molecule has 0 aromatic heterocycles. The van der Waals surface area contributed by atoms with Crippen molar-refractivity contribution in [3.05, 3.63) is 35.4 Å². The van der Waals surface area contributed by atoms with Gasteiger partial charge in [0.05, 0.1) is 6.10 Å². The van der Waals surface area contributed by atoms with Crippen LogP contribution in [0.1, 0.15) is 56.0 Å². The van der Waals surface area contributed by atoms with Gasteiger partial charge >= 0.3 is 0 Å². The van der Waals surface area contributed by atoms with Crippen LogP contribution in [0.25, 0.3) is 0 Å². The van der Waals surface area contributed by atoms with Crippen LogP contribution in [0.5, 0.6) is 0 Å². The summed E-state index contributed by atoms with van der Waals surface area (Å²) in [5.74, 6) is 0.769. The predicted octanol–water partition coefficient (Wildman–Crippen LogP) is 2.74. The summed E-state index contributed by atoms with van der Waals surface area (Å²) in [7, 11) is 3.45. The second-order valence-electron chi connectivity index (χ2n) is 7.35. The van der Waals surface area contributed by atoms with Crippen molar-refractivity contribution in [1.82, 2.24) is 16.0 Å². The Morgan fingerprint density at radius 1 is 1.29 bits per heavy atom. The number of carbonyl (C=O) groups is 1. The van der Waals surface area contributed by atoms with E-state index >= 15 is 0 Å². The van der Waals surface area contributed by atoms with Crippen LogP contribution in [0.4, 0.5) is 0 Å². The van der Waals surface area contributed by atoms with Crippen LogP contribution in [0.15, 0.2) is 29.3 Å². The number of benzene rings is 1. The quantitative estimate of drug-likeness (QED) is 0.449. The van der Waals surface area contributed by atoms with E-state index in [1.165, 1.54) is 0 Å². The summed E-state index contributed by atoms with van der Waals surface area (Å²) in [6.07, 6.45) is 4.36. The summed E-state index contributed by atoms with van der Waals surface area (Å²) in [6, 6.07) is 8.11. The number of hydrogen-bond donors (Lipinski definition) is 3. The van der Waals surface area contributed by atoms with E-state index in [0.29, 0.717) is 17.7 Å². The zero-order chi connectivity index (χ0) is 20.6. The molecule has 6 heteroatoms. The number of carbonyl (C=O) groups excluding carboxylic acids is 1. The van der Waals surface area contributed by atoms with Crippen molar-refractivity contribution in [3.8, 4) is 0 Å². The smallest absolute Gasteiger partial charge is 0.251 e. The Labute approximate surface area is 169 Å². The maximum Gasteiger partial charge on any atom is 0.251 e. The predicted molar refractivity (Wildman–Crippen MR) is 115 cm³/mol. The van der Waals surface area contributed by atoms with Crippen molar-refractivity contribution in [3.63, 3.8) is 0 Å². The number of nitrogens with one attached hydrogen (secondary N) is 3. The lowest BCUT2D eigenvalue weighted by atomic mass is 9.58. The van der Waals surface area contributed by atoms with E-state index in [0.717, 1.165) is 50.4 Å². The Balaban J connectivity index is 1.89. The van der Waals surface area contributed by atoms with Gasteiger partial charge in [0, 0.05) is 44.3 Å². The molecule has 2 unspecified atom stereocenters. The molecule has 0 heterocycles. The van der Waals surface area contributed by atoms with E-state index in [2.05, 4.69) is 41.7 Å². The van der Waals surface area contributed by atoms with E-state index in [4.69, 9.17) is 4.74 Å². The van der Waals surface area contributed by atoms with Gasteiger partial charge in [0.1, 0.15) is 0 Å². The standard InChI is InChI=1S/C22H36N4O2/c1-6-22(7-2)18(15-19(22)28-8-3)26-21(24-5)25-13-12-16-10-9-11-17(14-16)20(27)23-4/h9-11,14,18-19H,6-8,12-13,15H2,1-5H3,(H,23,27)(H2,24,25,26). The second-order valence-corrected chi connectivity index (χ2v) is 7.35. The summed E-state index contributed by atoms with van der Waals surface area (Å²) in [5.41, 5.74) is 1.99. The molecule has 1 aromatic carbocycles. The highest BCUT2D eigenvalue weighted by Gasteiger charge is 2.53. The molecule has 0 spiro atoms. The van der Waals surface area contributed by atoms with Gasteiger partial charge in [-0.05, 0) is 50.3 Å². The average molecular weight is 389 g/mol. The number of aliphatic imine (C=N–C) groups is 1. The van der Waals surface area contributed by atoms with E-state index in [9.17, 15) is 4.79 Å². The molecule has 3 N–H and O–H groups in total. The highest BCUT2D eigenvalue weighted by Crippen LogP contribution is 2.48. The molecule has 0 bridgehead atoms. The number of nitrogens with zero attached hydrogens (tertiary/aromatic N) is 1. The van der Waals surface area contributed by atoms with Crippen LogP contribution in [0, 0.1) is 5.41 Å². The number of amides is 1. The summed E-state index contributed by atoms with van der Waals surface area (Å²) < 4.78 is 5.97. The molecule has 2 rings (SSSR count). The van der Waals surface area contributed by atoms with Crippen LogP contribution in [0.3, 0.4) is 0 Å². The summed E-state index contributed by atoms with van der Waals surface area (Å²) in [4.78, 5) is 16.2. The second kappa shape index (κ2) is 10.5. The summed E-state index contributed by atoms with van der Waals surface area (Å²) in [6.45, 7) is 8.08. The fourth-order valence-corrected chi connectivity index (χ4v) is 4.28. The molecule has 1 aromatic rings. The van der Waals surface area contributed by atoms with Gasteiger partial charge in [0.25, 0.3) is 5.91 Å². The molecule has 6 nitrogen and oxygen atoms in total. The molecule has 1 amide bonds. The largest absolute Gasteiger partial charge is 0.378 e. The van der Waals surface area contributed by atoms with E-state index in [-0.39, 0.29) is 11.3 Å². The molecule has 1 fully saturated rings. The van der Waals surface area contributed by atoms with Crippen molar-refractivity contribution < 1.29 is 9.53 Å². The number of ether oxygens (including phenoxy) is 1. The average Bonchev–Trinajstić information content (AvgIpc) is 2.72. The van der Waals surface area contributed by atoms with Crippen molar-refractivity contribution in [1.29, 1.82) is 0 Å². The fourth-order valence-electron chi connectivity index (χ4n) is 4.28. The third-order valence-electron chi connectivity index (χ3n) is 6.13. The van der Waals surface area contributed by atoms with Crippen LogP contribution < -0.4 is 16.0 Å². The molecule has 0 saturated heterocycles. The maximum absolute atomic E-state index is 11.8. The minimum Gasteiger partial charge on any atom is -0.378 e. The minimum atomic E-state index is -0.0587. The molecule has 0 radical (unpaired) electrons. The van der Waals surface area contributed by atoms with Gasteiger partial charge in [-0.25, -0.2) is 0 Å². The Hall–Kier alpha value is -2.08. The molecular weight excluding hydrogens is 352 g/mol. The van der Waals surface area contributed by atoms with Crippen LogP contribution in [0.2, 0.25) is 0 Å². The Bertz CT molecular complexity index is 670. The van der Waals surface area contributed by atoms with Crippen LogP contribution >= 0.6 is 0 Å². The third-order valence-corrected chi connectivity index (χ3v) is 6.13. The normalized spacial score (nSPS) is 21.0. The van der Waals surface area contributed by atoms with Crippen LogP contribution in [-0.4, -0.2) is 51.3 Å².